The largest absolute Gasteiger partial charge is 0.725 e. The number of hydrogen-bond donors (Lipinski definition) is 0. The summed E-state index contributed by atoms with van der Waals surface area (Å²) in [7, 11) is -1.31. The zero-order chi connectivity index (χ0) is 19.3. The first kappa shape index (κ1) is 20.2. The molecule has 28 heavy (non-hydrogen) atoms. The molecule has 0 aromatic heterocycles. The van der Waals surface area contributed by atoms with Crippen LogP contribution in [0.3, 0.4) is 0 Å². The molecule has 0 unspecified atom stereocenters. The molecule has 0 bridgehead atoms. The molecule has 0 spiro atoms. The lowest BCUT2D eigenvalue weighted by Gasteiger charge is -2.12. The predicted octanol–water partition coefficient (Wildman–Crippen LogP) is 4.42. The zero-order valence-corrected chi connectivity index (χ0v) is 15.3. The summed E-state index contributed by atoms with van der Waals surface area (Å²) in [6.45, 7) is 0.671. The van der Waals surface area contributed by atoms with E-state index in [1.807, 2.05) is 91.0 Å². The molecule has 0 saturated carbocycles. The van der Waals surface area contributed by atoms with E-state index in [0.29, 0.717) is 0 Å². The van der Waals surface area contributed by atoms with E-state index >= 15 is 0 Å². The van der Waals surface area contributed by atoms with Crippen molar-refractivity contribution in [3.05, 3.63) is 108 Å². The first-order valence-corrected chi connectivity index (χ1v) is 8.87. The van der Waals surface area contributed by atoms with E-state index in [4.69, 9.17) is 29.1 Å². The van der Waals surface area contributed by atoms with E-state index in [-0.39, 0.29) is 19.8 Å². The minimum absolute atomic E-state index is 0.224. The van der Waals surface area contributed by atoms with E-state index in [9.17, 15) is 0 Å². The maximum Gasteiger partial charge on any atom is 0.725 e. The number of hydrogen-bond acceptors (Lipinski definition) is 6. The Balaban J connectivity index is 1.44. The van der Waals surface area contributed by atoms with Crippen LogP contribution in [0.2, 0.25) is 0 Å². The summed E-state index contributed by atoms with van der Waals surface area (Å²) in [6.07, 6.45) is 0. The minimum atomic E-state index is -1.31. The Morgan fingerprint density at radius 2 is 0.714 bits per heavy atom. The molecule has 0 saturated heterocycles. The highest BCUT2D eigenvalue weighted by Gasteiger charge is 2.27. The van der Waals surface area contributed by atoms with Gasteiger partial charge in [0.1, 0.15) is 19.8 Å². The SMILES string of the molecule is c1ccc(COOB(OOCc2ccccc2)OOCc2ccccc2)cc1. The van der Waals surface area contributed by atoms with Gasteiger partial charge in [0.2, 0.25) is 0 Å². The van der Waals surface area contributed by atoms with Gasteiger partial charge in [-0.3, -0.25) is 0 Å². The van der Waals surface area contributed by atoms with Crippen molar-refractivity contribution in [2.45, 2.75) is 19.8 Å². The number of benzene rings is 3. The summed E-state index contributed by atoms with van der Waals surface area (Å²) < 4.78 is 0. The van der Waals surface area contributed by atoms with Gasteiger partial charge in [0.05, 0.1) is 0 Å². The van der Waals surface area contributed by atoms with Crippen molar-refractivity contribution in [1.29, 1.82) is 0 Å². The van der Waals surface area contributed by atoms with Gasteiger partial charge in [-0.15, -0.1) is 0 Å². The lowest BCUT2D eigenvalue weighted by molar-refractivity contribution is -0.356. The molecule has 3 aromatic rings. The van der Waals surface area contributed by atoms with Crippen molar-refractivity contribution in [1.82, 2.24) is 0 Å². The third kappa shape index (κ3) is 7.62. The van der Waals surface area contributed by atoms with Gasteiger partial charge in [-0.1, -0.05) is 91.0 Å². The second-order valence-electron chi connectivity index (χ2n) is 5.82. The van der Waals surface area contributed by atoms with Crippen LogP contribution < -0.4 is 0 Å². The van der Waals surface area contributed by atoms with Crippen molar-refractivity contribution in [3.8, 4) is 0 Å². The summed E-state index contributed by atoms with van der Waals surface area (Å²) in [5, 5.41) is 0. The molecule has 3 rings (SSSR count). The van der Waals surface area contributed by atoms with Crippen molar-refractivity contribution in [3.63, 3.8) is 0 Å². The Kier molecular flexibility index (Phi) is 8.70. The predicted molar refractivity (Wildman–Crippen MR) is 103 cm³/mol. The van der Waals surface area contributed by atoms with Crippen LogP contribution in [0.4, 0.5) is 0 Å². The molecule has 0 amide bonds. The summed E-state index contributed by atoms with van der Waals surface area (Å²) in [4.78, 5) is 30.9. The van der Waals surface area contributed by atoms with Gasteiger partial charge in [0, 0.05) is 0 Å². The highest BCUT2D eigenvalue weighted by Crippen LogP contribution is 2.07. The van der Waals surface area contributed by atoms with Crippen molar-refractivity contribution in [2.75, 3.05) is 0 Å². The summed E-state index contributed by atoms with van der Waals surface area (Å²) in [5.74, 6) is 0. The van der Waals surface area contributed by atoms with Gasteiger partial charge >= 0.3 is 7.32 Å². The second-order valence-corrected chi connectivity index (χ2v) is 5.82. The van der Waals surface area contributed by atoms with Crippen LogP contribution >= 0.6 is 0 Å². The van der Waals surface area contributed by atoms with Crippen LogP contribution in [-0.2, 0) is 48.9 Å². The van der Waals surface area contributed by atoms with Crippen LogP contribution in [0, 0.1) is 0 Å². The smallest absolute Gasteiger partial charge is 0.242 e. The van der Waals surface area contributed by atoms with Gasteiger partial charge in [0.25, 0.3) is 0 Å². The van der Waals surface area contributed by atoms with E-state index in [2.05, 4.69) is 0 Å². The third-order valence-corrected chi connectivity index (χ3v) is 3.65. The van der Waals surface area contributed by atoms with Gasteiger partial charge in [-0.05, 0) is 16.7 Å². The third-order valence-electron chi connectivity index (χ3n) is 3.65. The Hall–Kier alpha value is -2.52. The molecular formula is C21H21BO6. The Morgan fingerprint density at radius 1 is 0.429 bits per heavy atom. The normalized spacial score (nSPS) is 10.7. The van der Waals surface area contributed by atoms with Crippen LogP contribution in [-0.4, -0.2) is 7.32 Å². The van der Waals surface area contributed by atoms with E-state index in [0.717, 1.165) is 16.7 Å². The van der Waals surface area contributed by atoms with Crippen molar-refractivity contribution >= 4 is 7.32 Å². The van der Waals surface area contributed by atoms with E-state index in [1.54, 1.807) is 0 Å². The molecule has 0 aliphatic heterocycles. The van der Waals surface area contributed by atoms with Gasteiger partial charge in [-0.25, -0.2) is 29.1 Å². The Bertz CT molecular complexity index is 665. The summed E-state index contributed by atoms with van der Waals surface area (Å²) in [5.41, 5.74) is 2.82. The molecule has 0 aliphatic rings. The van der Waals surface area contributed by atoms with Crippen LogP contribution in [0.1, 0.15) is 16.7 Å². The molecule has 0 N–H and O–H groups in total. The van der Waals surface area contributed by atoms with Gasteiger partial charge in [0.15, 0.2) is 0 Å². The molecule has 0 heterocycles. The van der Waals surface area contributed by atoms with E-state index < -0.39 is 7.32 Å². The minimum Gasteiger partial charge on any atom is -0.242 e. The first-order chi connectivity index (χ1) is 13.9. The fourth-order valence-electron chi connectivity index (χ4n) is 2.24. The highest BCUT2D eigenvalue weighted by molar-refractivity contribution is 6.35. The quantitative estimate of drug-likeness (QED) is 0.264. The lowest BCUT2D eigenvalue weighted by atomic mass is 10.2. The standard InChI is InChI=1S/C21H21BO6/c1-4-10-19(11-5-1)16-23-26-22(27-24-17-20-12-6-2-7-13-20)28-25-18-21-14-8-3-9-15-21/h1-15H,16-18H2. The maximum absolute atomic E-state index is 5.18. The zero-order valence-electron chi connectivity index (χ0n) is 15.3. The van der Waals surface area contributed by atoms with Crippen molar-refractivity contribution < 1.29 is 29.1 Å². The monoisotopic (exact) mass is 380 g/mol. The lowest BCUT2D eigenvalue weighted by Crippen LogP contribution is -2.27. The molecule has 0 fully saturated rings. The molecule has 144 valence electrons. The van der Waals surface area contributed by atoms with Gasteiger partial charge in [-0.2, -0.15) is 0 Å². The highest BCUT2D eigenvalue weighted by atomic mass is 17.3. The fraction of sp³-hybridized carbons (Fsp3) is 0.143. The molecule has 3 aromatic carbocycles. The average Bonchev–Trinajstić information content (AvgIpc) is 2.76. The first-order valence-electron chi connectivity index (χ1n) is 8.87. The maximum atomic E-state index is 5.18. The van der Waals surface area contributed by atoms with Gasteiger partial charge < -0.3 is 0 Å². The summed E-state index contributed by atoms with van der Waals surface area (Å²) >= 11 is 0. The molecular weight excluding hydrogens is 359 g/mol. The molecule has 0 atom stereocenters. The second kappa shape index (κ2) is 12.0. The topological polar surface area (TPSA) is 55.4 Å². The average molecular weight is 380 g/mol. The van der Waals surface area contributed by atoms with Crippen LogP contribution in [0.25, 0.3) is 0 Å². The van der Waals surface area contributed by atoms with Crippen LogP contribution in [0.15, 0.2) is 91.0 Å². The Labute approximate surface area is 164 Å². The summed E-state index contributed by atoms with van der Waals surface area (Å²) in [6, 6.07) is 28.7. The van der Waals surface area contributed by atoms with Crippen LogP contribution in [0.5, 0.6) is 0 Å². The molecule has 0 aliphatic carbocycles. The van der Waals surface area contributed by atoms with E-state index in [1.165, 1.54) is 0 Å². The Morgan fingerprint density at radius 3 is 1.00 bits per heavy atom. The molecule has 7 heteroatoms. The van der Waals surface area contributed by atoms with Crippen molar-refractivity contribution in [2.24, 2.45) is 0 Å². The fourth-order valence-corrected chi connectivity index (χ4v) is 2.24. The number of rotatable bonds is 12. The molecule has 6 nitrogen and oxygen atoms in total. The molecule has 0 radical (unpaired) electrons.